The number of halogens is 6. The van der Waals surface area contributed by atoms with Gasteiger partial charge in [0.25, 0.3) is 12.5 Å². The highest BCUT2D eigenvalue weighted by atomic mass is 19.4. The van der Waals surface area contributed by atoms with Crippen LogP contribution in [0, 0.1) is 5.92 Å². The van der Waals surface area contributed by atoms with Crippen LogP contribution in [-0.2, 0) is 15.7 Å². The second-order valence-electron chi connectivity index (χ2n) is 11.1. The summed E-state index contributed by atoms with van der Waals surface area (Å²) < 4.78 is 104. The summed E-state index contributed by atoms with van der Waals surface area (Å²) in [4.78, 5) is 22.2. The number of rotatable bonds is 5. The van der Waals surface area contributed by atoms with E-state index >= 15 is 0 Å². The number of alkyl halides is 6. The lowest BCUT2D eigenvalue weighted by Gasteiger charge is -2.31. The van der Waals surface area contributed by atoms with Crippen LogP contribution < -0.4 is 14.4 Å². The maximum Gasteiger partial charge on any atom is 0.573 e. The van der Waals surface area contributed by atoms with E-state index in [-0.39, 0.29) is 53.4 Å². The zero-order valence-electron chi connectivity index (χ0n) is 24.6. The molecule has 0 aliphatic carbocycles. The molecule has 2 aliphatic rings. The Morgan fingerprint density at radius 1 is 1.04 bits per heavy atom. The van der Waals surface area contributed by atoms with Crippen molar-refractivity contribution in [3.8, 4) is 11.8 Å². The van der Waals surface area contributed by atoms with Crippen molar-refractivity contribution in [2.45, 2.75) is 44.4 Å². The minimum atomic E-state index is -4.86. The molecular weight excluding hydrogens is 640 g/mol. The standard InChI is InChI=1S/C29H25F6N5O4.CH2O2/c1-15-14-41-11-9-20(15)40-21-7-6-16(44-29(33,34)35)12-19(21)36-27(40)42-17-8-10-39(13-17)25-24-23(37-26(38-25)28(30,31)32)18-4-2-3-5-22(18)43-24;2-1-3/h2-7,12,15,17,20H,8-11,13-14H2,1H3;1H,(H,2,3)/t15-,17?,20?;/m0./s1. The van der Waals surface area contributed by atoms with Crippen LogP contribution in [0.2, 0.25) is 0 Å². The summed E-state index contributed by atoms with van der Waals surface area (Å²) in [5, 5.41) is 7.33. The van der Waals surface area contributed by atoms with Gasteiger partial charge in [-0.25, -0.2) is 9.97 Å². The van der Waals surface area contributed by atoms with Gasteiger partial charge < -0.3 is 28.6 Å². The highest BCUT2D eigenvalue weighted by Gasteiger charge is 2.39. The third-order valence-electron chi connectivity index (χ3n) is 7.96. The van der Waals surface area contributed by atoms with E-state index in [4.69, 9.17) is 23.8 Å². The van der Waals surface area contributed by atoms with Crippen LogP contribution >= 0.6 is 0 Å². The molecule has 2 aliphatic heterocycles. The van der Waals surface area contributed by atoms with Crippen molar-refractivity contribution in [2.75, 3.05) is 31.2 Å². The molecule has 3 aromatic heterocycles. The summed E-state index contributed by atoms with van der Waals surface area (Å²) in [7, 11) is 0. The molecule has 2 aromatic carbocycles. The quantitative estimate of drug-likeness (QED) is 0.162. The molecule has 250 valence electrons. The van der Waals surface area contributed by atoms with Crippen molar-refractivity contribution in [1.82, 2.24) is 19.5 Å². The van der Waals surface area contributed by atoms with Crippen molar-refractivity contribution in [1.29, 1.82) is 0 Å². The van der Waals surface area contributed by atoms with Gasteiger partial charge >= 0.3 is 12.5 Å². The molecule has 5 aromatic rings. The van der Waals surface area contributed by atoms with Crippen LogP contribution in [0.1, 0.15) is 31.6 Å². The fraction of sp³-hybridized carbons (Fsp3) is 0.400. The summed E-state index contributed by atoms with van der Waals surface area (Å²) in [6.45, 7) is 3.20. The fourth-order valence-electron chi connectivity index (χ4n) is 5.99. The number of carboxylic acid groups (broad SMARTS) is 1. The molecule has 0 spiro atoms. The van der Waals surface area contributed by atoms with Crippen molar-refractivity contribution >= 4 is 45.4 Å². The van der Waals surface area contributed by atoms with E-state index in [0.29, 0.717) is 49.1 Å². The van der Waals surface area contributed by atoms with E-state index in [0.717, 1.165) is 0 Å². The van der Waals surface area contributed by atoms with Gasteiger partial charge in [0.05, 0.1) is 24.2 Å². The Kier molecular flexibility index (Phi) is 8.50. The Balaban J connectivity index is 0.00000124. The first kappa shape index (κ1) is 32.2. The number of nitrogens with zero attached hydrogens (tertiary/aromatic N) is 5. The molecule has 1 N–H and O–H groups in total. The van der Waals surface area contributed by atoms with Gasteiger partial charge in [-0.2, -0.15) is 18.2 Å². The summed E-state index contributed by atoms with van der Waals surface area (Å²) in [6, 6.07) is 10.7. The molecule has 3 atom stereocenters. The van der Waals surface area contributed by atoms with Crippen LogP contribution in [0.4, 0.5) is 32.2 Å². The predicted octanol–water partition coefficient (Wildman–Crippen LogP) is 6.60. The first-order chi connectivity index (χ1) is 22.4. The zero-order valence-corrected chi connectivity index (χ0v) is 24.6. The van der Waals surface area contributed by atoms with Crippen LogP contribution in [0.25, 0.3) is 33.1 Å². The van der Waals surface area contributed by atoms with Gasteiger partial charge in [0.2, 0.25) is 5.82 Å². The Hall–Kier alpha value is -4.80. The lowest BCUT2D eigenvalue weighted by Crippen LogP contribution is -2.30. The number of imidazole rings is 1. The Morgan fingerprint density at radius 2 is 1.81 bits per heavy atom. The number of hydrogen-bond donors (Lipinski definition) is 1. The molecule has 2 unspecified atom stereocenters. The van der Waals surface area contributed by atoms with E-state index in [1.165, 1.54) is 18.2 Å². The van der Waals surface area contributed by atoms with Crippen LogP contribution in [0.3, 0.4) is 0 Å². The molecule has 5 heterocycles. The van der Waals surface area contributed by atoms with Crippen molar-refractivity contribution in [2.24, 2.45) is 5.92 Å². The maximum absolute atomic E-state index is 13.8. The Labute approximate surface area is 261 Å². The molecule has 2 fully saturated rings. The van der Waals surface area contributed by atoms with Gasteiger partial charge in [-0.05, 0) is 30.7 Å². The van der Waals surface area contributed by atoms with Gasteiger partial charge in [0.15, 0.2) is 11.4 Å². The summed E-state index contributed by atoms with van der Waals surface area (Å²) in [6.07, 6.45) is -9.11. The molecule has 11 nitrogen and oxygen atoms in total. The SMILES string of the molecule is C[C@H]1COCCC1n1c(OC2CCN(c3nc(C(F)(F)F)nc4c3oc3ccccc34)C2)nc2cc(OC(F)(F)F)ccc21.O=CO. The molecule has 47 heavy (non-hydrogen) atoms. The molecule has 0 radical (unpaired) electrons. The summed E-state index contributed by atoms with van der Waals surface area (Å²) in [5.41, 5.74) is 1.41. The van der Waals surface area contributed by atoms with Gasteiger partial charge in [-0.15, -0.1) is 13.2 Å². The van der Waals surface area contributed by atoms with E-state index in [2.05, 4.69) is 19.7 Å². The zero-order chi connectivity index (χ0) is 33.5. The van der Waals surface area contributed by atoms with E-state index in [1.807, 2.05) is 11.5 Å². The molecular formula is C30H27F6N5O6. The van der Waals surface area contributed by atoms with Crippen LogP contribution in [-0.4, -0.2) is 69.9 Å². The van der Waals surface area contributed by atoms with Crippen LogP contribution in [0.15, 0.2) is 46.9 Å². The number of para-hydroxylation sites is 1. The first-order valence-corrected chi connectivity index (χ1v) is 14.5. The fourth-order valence-corrected chi connectivity index (χ4v) is 5.99. The number of benzene rings is 2. The smallest absolute Gasteiger partial charge is 0.483 e. The van der Waals surface area contributed by atoms with Gasteiger partial charge in [0, 0.05) is 43.0 Å². The minimum Gasteiger partial charge on any atom is -0.483 e. The summed E-state index contributed by atoms with van der Waals surface area (Å²) >= 11 is 0. The molecule has 0 bridgehead atoms. The van der Waals surface area contributed by atoms with E-state index in [9.17, 15) is 26.3 Å². The second-order valence-corrected chi connectivity index (χ2v) is 11.1. The maximum atomic E-state index is 13.8. The lowest BCUT2D eigenvalue weighted by atomic mass is 9.97. The molecule has 2 saturated heterocycles. The lowest BCUT2D eigenvalue weighted by molar-refractivity contribution is -0.274. The Morgan fingerprint density at radius 3 is 2.53 bits per heavy atom. The number of fused-ring (bicyclic) bond motifs is 4. The van der Waals surface area contributed by atoms with E-state index in [1.54, 1.807) is 29.2 Å². The molecule has 0 saturated carbocycles. The normalized spacial score (nSPS) is 20.4. The monoisotopic (exact) mass is 667 g/mol. The molecule has 17 heteroatoms. The number of carbonyl (C=O) groups is 1. The average Bonchev–Trinajstić information content (AvgIpc) is 3.71. The van der Waals surface area contributed by atoms with Crippen LogP contribution in [0.5, 0.6) is 11.8 Å². The second kappa shape index (κ2) is 12.4. The number of ether oxygens (including phenoxy) is 3. The van der Waals surface area contributed by atoms with Crippen molar-refractivity contribution < 1.29 is 54.9 Å². The highest BCUT2D eigenvalue weighted by Crippen LogP contribution is 2.40. The highest BCUT2D eigenvalue weighted by molar-refractivity contribution is 6.05. The molecule has 7 rings (SSSR count). The third-order valence-corrected chi connectivity index (χ3v) is 7.96. The molecule has 0 amide bonds. The number of aromatic nitrogens is 4. The summed E-state index contributed by atoms with van der Waals surface area (Å²) in [5.74, 6) is -1.63. The largest absolute Gasteiger partial charge is 0.573 e. The average molecular weight is 668 g/mol. The minimum absolute atomic E-state index is 0.00474. The first-order valence-electron chi connectivity index (χ1n) is 14.5. The topological polar surface area (TPSA) is 125 Å². The van der Waals surface area contributed by atoms with Gasteiger partial charge in [0.1, 0.15) is 23.0 Å². The van der Waals surface area contributed by atoms with Gasteiger partial charge in [-0.1, -0.05) is 19.1 Å². The van der Waals surface area contributed by atoms with Crippen molar-refractivity contribution in [3.63, 3.8) is 0 Å². The predicted molar refractivity (Wildman–Crippen MR) is 154 cm³/mol. The van der Waals surface area contributed by atoms with Gasteiger partial charge in [-0.3, -0.25) is 9.36 Å². The van der Waals surface area contributed by atoms with Crippen molar-refractivity contribution in [3.05, 3.63) is 48.3 Å². The third kappa shape index (κ3) is 6.57. The number of anilines is 1. The Bertz CT molecular complexity index is 1910. The number of furan rings is 1. The van der Waals surface area contributed by atoms with E-state index < -0.39 is 30.2 Å². The number of hydrogen-bond acceptors (Lipinski definition) is 9.